The van der Waals surface area contributed by atoms with Gasteiger partial charge in [0.1, 0.15) is 12.4 Å². The fraction of sp³-hybridized carbons (Fsp3) is 0.280. The van der Waals surface area contributed by atoms with Gasteiger partial charge in [0.05, 0.1) is 4.90 Å². The number of nitrogens with two attached hydrogens (primary N) is 1. The highest BCUT2D eigenvalue weighted by Gasteiger charge is 2.27. The van der Waals surface area contributed by atoms with Gasteiger partial charge in [-0.3, -0.25) is 0 Å². The van der Waals surface area contributed by atoms with Gasteiger partial charge >= 0.3 is 0 Å². The van der Waals surface area contributed by atoms with Crippen molar-refractivity contribution in [3.05, 3.63) is 95.6 Å². The molecule has 170 valence electrons. The van der Waals surface area contributed by atoms with Gasteiger partial charge in [0, 0.05) is 18.5 Å². The van der Waals surface area contributed by atoms with Crippen molar-refractivity contribution in [2.45, 2.75) is 36.1 Å². The zero-order valence-corrected chi connectivity index (χ0v) is 19.4. The number of hydrogen-bond acceptors (Lipinski definition) is 4. The molecule has 0 saturated carbocycles. The number of nitrogens with one attached hydrogen (secondary N) is 1. The lowest BCUT2D eigenvalue weighted by Gasteiger charge is -2.32. The zero-order valence-electron chi connectivity index (χ0n) is 17.8. The molecule has 3 aromatic rings. The maximum Gasteiger partial charge on any atom is 0.240 e. The third-order valence-electron chi connectivity index (χ3n) is 5.80. The number of aryl methyl sites for hydroxylation is 1. The van der Waals surface area contributed by atoms with E-state index < -0.39 is 10.0 Å². The SMILES string of the molecule is Cl.NC1CCc2ccc(OCCNS(=O)(=O)c3ccccc3)cc2C1Cc1ccccc1. The van der Waals surface area contributed by atoms with Crippen LogP contribution >= 0.6 is 12.4 Å². The summed E-state index contributed by atoms with van der Waals surface area (Å²) in [4.78, 5) is 0.251. The molecule has 0 aliphatic heterocycles. The van der Waals surface area contributed by atoms with Crippen LogP contribution in [0.2, 0.25) is 0 Å². The molecule has 3 N–H and O–H groups in total. The van der Waals surface area contributed by atoms with Crippen molar-refractivity contribution in [1.82, 2.24) is 4.72 Å². The van der Waals surface area contributed by atoms with Crippen molar-refractivity contribution in [1.29, 1.82) is 0 Å². The Kier molecular flexibility index (Phi) is 8.32. The number of sulfonamides is 1. The summed E-state index contributed by atoms with van der Waals surface area (Å²) in [5.74, 6) is 0.983. The first kappa shape index (κ1) is 24.3. The number of halogens is 1. The van der Waals surface area contributed by atoms with E-state index in [9.17, 15) is 8.42 Å². The van der Waals surface area contributed by atoms with E-state index in [-0.39, 0.29) is 42.4 Å². The van der Waals surface area contributed by atoms with Gasteiger partial charge in [-0.1, -0.05) is 54.6 Å². The Hall–Kier alpha value is -2.38. The Morgan fingerprint density at radius 1 is 0.969 bits per heavy atom. The van der Waals surface area contributed by atoms with Gasteiger partial charge in [-0.15, -0.1) is 12.4 Å². The molecule has 32 heavy (non-hydrogen) atoms. The van der Waals surface area contributed by atoms with Crippen LogP contribution in [-0.4, -0.2) is 27.6 Å². The molecule has 1 aliphatic carbocycles. The molecule has 0 amide bonds. The fourth-order valence-electron chi connectivity index (χ4n) is 4.15. The Bertz CT molecular complexity index is 1110. The molecular formula is C25H29ClN2O3S. The lowest BCUT2D eigenvalue weighted by atomic mass is 9.76. The van der Waals surface area contributed by atoms with Gasteiger partial charge in [-0.25, -0.2) is 13.1 Å². The number of ether oxygens (including phenoxy) is 1. The minimum absolute atomic E-state index is 0. The quantitative estimate of drug-likeness (QED) is 0.484. The van der Waals surface area contributed by atoms with Crippen LogP contribution in [0.3, 0.4) is 0 Å². The fourth-order valence-corrected chi connectivity index (χ4v) is 5.18. The first-order valence-corrected chi connectivity index (χ1v) is 12.1. The zero-order chi connectivity index (χ0) is 21.7. The van der Waals surface area contributed by atoms with E-state index in [0.29, 0.717) is 0 Å². The molecule has 0 fully saturated rings. The van der Waals surface area contributed by atoms with E-state index in [1.54, 1.807) is 30.3 Å². The average molecular weight is 473 g/mol. The second kappa shape index (κ2) is 11.0. The van der Waals surface area contributed by atoms with Crippen molar-refractivity contribution in [3.63, 3.8) is 0 Å². The molecule has 0 heterocycles. The Morgan fingerprint density at radius 2 is 1.66 bits per heavy atom. The predicted molar refractivity (Wildman–Crippen MR) is 130 cm³/mol. The highest BCUT2D eigenvalue weighted by Crippen LogP contribution is 2.35. The molecule has 4 rings (SSSR count). The van der Waals surface area contributed by atoms with Gasteiger partial charge in [0.15, 0.2) is 0 Å². The maximum absolute atomic E-state index is 12.3. The highest BCUT2D eigenvalue weighted by atomic mass is 35.5. The summed E-state index contributed by atoms with van der Waals surface area (Å²) in [5.41, 5.74) is 10.3. The molecule has 2 atom stereocenters. The molecule has 0 spiro atoms. The summed E-state index contributed by atoms with van der Waals surface area (Å²) in [7, 11) is -3.53. The summed E-state index contributed by atoms with van der Waals surface area (Å²) >= 11 is 0. The molecule has 0 saturated heterocycles. The van der Waals surface area contributed by atoms with Crippen molar-refractivity contribution < 1.29 is 13.2 Å². The lowest BCUT2D eigenvalue weighted by molar-refractivity contribution is 0.321. The normalized spacial score (nSPS) is 17.8. The van der Waals surface area contributed by atoms with E-state index in [4.69, 9.17) is 10.5 Å². The average Bonchev–Trinajstić information content (AvgIpc) is 2.80. The van der Waals surface area contributed by atoms with Gasteiger partial charge in [-0.05, 0) is 60.2 Å². The van der Waals surface area contributed by atoms with Crippen LogP contribution in [0.15, 0.2) is 83.8 Å². The number of hydrogen-bond donors (Lipinski definition) is 2. The first-order chi connectivity index (χ1) is 15.0. The molecule has 0 bridgehead atoms. The third kappa shape index (κ3) is 5.90. The largest absolute Gasteiger partial charge is 0.492 e. The minimum Gasteiger partial charge on any atom is -0.492 e. The summed E-state index contributed by atoms with van der Waals surface area (Å²) in [5, 5.41) is 0. The topological polar surface area (TPSA) is 81.4 Å². The van der Waals surface area contributed by atoms with Gasteiger partial charge < -0.3 is 10.5 Å². The van der Waals surface area contributed by atoms with Crippen LogP contribution in [0.25, 0.3) is 0 Å². The third-order valence-corrected chi connectivity index (χ3v) is 7.27. The summed E-state index contributed by atoms with van der Waals surface area (Å²) in [6.07, 6.45) is 2.85. The van der Waals surface area contributed by atoms with Crippen molar-refractivity contribution >= 4 is 22.4 Å². The maximum atomic E-state index is 12.3. The summed E-state index contributed by atoms with van der Waals surface area (Å²) < 4.78 is 33.1. The van der Waals surface area contributed by atoms with Crippen molar-refractivity contribution in [2.24, 2.45) is 5.73 Å². The van der Waals surface area contributed by atoms with Crippen LogP contribution in [0.5, 0.6) is 5.75 Å². The molecule has 1 aliphatic rings. The van der Waals surface area contributed by atoms with Crippen LogP contribution in [0.1, 0.15) is 29.0 Å². The smallest absolute Gasteiger partial charge is 0.240 e. The molecule has 7 heteroatoms. The highest BCUT2D eigenvalue weighted by molar-refractivity contribution is 7.89. The van der Waals surface area contributed by atoms with Crippen LogP contribution in [0.4, 0.5) is 0 Å². The lowest BCUT2D eigenvalue weighted by Crippen LogP contribution is -2.34. The number of benzene rings is 3. The van der Waals surface area contributed by atoms with Gasteiger partial charge in [0.2, 0.25) is 10.0 Å². The van der Waals surface area contributed by atoms with E-state index in [2.05, 4.69) is 41.1 Å². The monoisotopic (exact) mass is 472 g/mol. The molecular weight excluding hydrogens is 444 g/mol. The Labute approximate surface area is 196 Å². The van der Waals surface area contributed by atoms with Crippen LogP contribution in [0, 0.1) is 0 Å². The van der Waals surface area contributed by atoms with E-state index in [1.165, 1.54) is 16.7 Å². The van der Waals surface area contributed by atoms with E-state index in [0.717, 1.165) is 25.0 Å². The van der Waals surface area contributed by atoms with Gasteiger partial charge in [0.25, 0.3) is 0 Å². The summed E-state index contributed by atoms with van der Waals surface area (Å²) in [6, 6.07) is 25.0. The molecule has 2 unspecified atom stereocenters. The Balaban J connectivity index is 0.00000289. The molecule has 0 radical (unpaired) electrons. The second-order valence-corrected chi connectivity index (χ2v) is 9.69. The van der Waals surface area contributed by atoms with E-state index in [1.807, 2.05) is 12.1 Å². The standard InChI is InChI=1S/C25H28N2O3S.ClH/c26-25-14-12-20-11-13-21(18-23(20)24(25)17-19-7-3-1-4-8-19)30-16-15-27-31(28,29)22-9-5-2-6-10-22;/h1-11,13,18,24-25,27H,12,14-17,26H2;1H. The first-order valence-electron chi connectivity index (χ1n) is 10.6. The van der Waals surface area contributed by atoms with Crippen molar-refractivity contribution in [3.8, 4) is 5.75 Å². The number of fused-ring (bicyclic) bond motifs is 1. The van der Waals surface area contributed by atoms with E-state index >= 15 is 0 Å². The van der Waals surface area contributed by atoms with Crippen molar-refractivity contribution in [2.75, 3.05) is 13.2 Å². The minimum atomic E-state index is -3.53. The Morgan fingerprint density at radius 3 is 2.38 bits per heavy atom. The number of rotatable bonds is 8. The predicted octanol–water partition coefficient (Wildman–Crippen LogP) is 4.07. The second-order valence-electron chi connectivity index (χ2n) is 7.92. The van der Waals surface area contributed by atoms with Crippen LogP contribution < -0.4 is 15.2 Å². The molecule has 0 aromatic heterocycles. The molecule has 3 aromatic carbocycles. The van der Waals surface area contributed by atoms with Gasteiger partial charge in [-0.2, -0.15) is 0 Å². The summed E-state index contributed by atoms with van der Waals surface area (Å²) in [6.45, 7) is 0.446. The van der Waals surface area contributed by atoms with Crippen LogP contribution in [-0.2, 0) is 22.9 Å². The molecule has 5 nitrogen and oxygen atoms in total.